The van der Waals surface area contributed by atoms with Crippen LogP contribution in [0, 0.1) is 0 Å². The first-order chi connectivity index (χ1) is 18.4. The van der Waals surface area contributed by atoms with Crippen molar-refractivity contribution in [2.75, 3.05) is 18.6 Å². The highest BCUT2D eigenvalue weighted by Crippen LogP contribution is 2.37. The number of methoxy groups -OCH3 is 1. The molecule has 0 saturated carbocycles. The zero-order valence-corrected chi connectivity index (χ0v) is 22.7. The van der Waals surface area contributed by atoms with E-state index in [0.29, 0.717) is 37.2 Å². The molecule has 0 saturated heterocycles. The highest BCUT2D eigenvalue weighted by Gasteiger charge is 2.31. The van der Waals surface area contributed by atoms with Gasteiger partial charge in [-0.1, -0.05) is 50.2 Å². The molecule has 7 nitrogen and oxygen atoms in total. The van der Waals surface area contributed by atoms with Crippen molar-refractivity contribution in [1.82, 2.24) is 10.2 Å². The van der Waals surface area contributed by atoms with Crippen LogP contribution in [0.1, 0.15) is 62.4 Å². The first kappa shape index (κ1) is 27.2. The second-order valence-corrected chi connectivity index (χ2v) is 9.86. The van der Waals surface area contributed by atoms with Crippen LogP contribution in [-0.2, 0) is 16.1 Å². The number of carbonyl (C=O) groups is 3. The fourth-order valence-corrected chi connectivity index (χ4v) is 5.06. The Labute approximate surface area is 224 Å². The zero-order valence-electron chi connectivity index (χ0n) is 22.7. The number of amides is 3. The van der Waals surface area contributed by atoms with Crippen molar-refractivity contribution in [1.29, 1.82) is 0 Å². The fourth-order valence-electron chi connectivity index (χ4n) is 5.06. The number of benzene rings is 3. The van der Waals surface area contributed by atoms with Crippen LogP contribution >= 0.6 is 0 Å². The summed E-state index contributed by atoms with van der Waals surface area (Å²) in [6, 6.07) is 18.7. The Morgan fingerprint density at radius 2 is 1.76 bits per heavy atom. The summed E-state index contributed by atoms with van der Waals surface area (Å²) in [5.41, 5.74) is 2.49. The summed E-state index contributed by atoms with van der Waals surface area (Å²) in [7, 11) is 1.61. The molecule has 2 atom stereocenters. The van der Waals surface area contributed by atoms with Crippen LogP contribution in [-0.4, -0.2) is 48.4 Å². The molecule has 0 fully saturated rings. The summed E-state index contributed by atoms with van der Waals surface area (Å²) in [6.07, 6.45) is 2.03. The third-order valence-corrected chi connectivity index (χ3v) is 7.30. The van der Waals surface area contributed by atoms with Gasteiger partial charge in [-0.2, -0.15) is 0 Å². The van der Waals surface area contributed by atoms with Crippen LogP contribution in [0.4, 0.5) is 5.69 Å². The molecule has 1 aliphatic heterocycles. The Kier molecular flexibility index (Phi) is 8.66. The second-order valence-electron chi connectivity index (χ2n) is 9.86. The largest absolute Gasteiger partial charge is 0.497 e. The molecule has 1 N–H and O–H groups in total. The minimum Gasteiger partial charge on any atom is -0.497 e. The topological polar surface area (TPSA) is 79.0 Å². The van der Waals surface area contributed by atoms with Crippen LogP contribution in [0.15, 0.2) is 60.7 Å². The lowest BCUT2D eigenvalue weighted by Crippen LogP contribution is -2.50. The maximum absolute atomic E-state index is 13.6. The molecule has 0 unspecified atom stereocenters. The lowest BCUT2D eigenvalue weighted by atomic mass is 10.1. The minimum absolute atomic E-state index is 0.0239. The van der Waals surface area contributed by atoms with E-state index in [1.165, 1.54) is 0 Å². The molecule has 0 bridgehead atoms. The van der Waals surface area contributed by atoms with Gasteiger partial charge in [0.2, 0.25) is 11.8 Å². The number of hydrogen-bond acceptors (Lipinski definition) is 4. The highest BCUT2D eigenvalue weighted by atomic mass is 16.5. The summed E-state index contributed by atoms with van der Waals surface area (Å²) in [5, 5.41) is 5.05. The lowest BCUT2D eigenvalue weighted by molar-refractivity contribution is -0.141. The molecule has 3 aromatic carbocycles. The molecular weight excluding hydrogens is 478 g/mol. The van der Waals surface area contributed by atoms with Crippen LogP contribution in [0.5, 0.6) is 5.75 Å². The predicted molar refractivity (Wildman–Crippen MR) is 150 cm³/mol. The molecule has 4 rings (SSSR count). The molecule has 200 valence electrons. The van der Waals surface area contributed by atoms with E-state index >= 15 is 0 Å². The van der Waals surface area contributed by atoms with Gasteiger partial charge in [-0.3, -0.25) is 14.4 Å². The van der Waals surface area contributed by atoms with Gasteiger partial charge in [0, 0.05) is 36.5 Å². The Morgan fingerprint density at radius 3 is 2.47 bits per heavy atom. The van der Waals surface area contributed by atoms with Crippen molar-refractivity contribution in [3.63, 3.8) is 0 Å². The maximum Gasteiger partial charge on any atom is 0.258 e. The van der Waals surface area contributed by atoms with Gasteiger partial charge in [-0.05, 0) is 61.4 Å². The Morgan fingerprint density at radius 1 is 1.03 bits per heavy atom. The van der Waals surface area contributed by atoms with Crippen LogP contribution in [0.2, 0.25) is 0 Å². The van der Waals surface area contributed by atoms with Crippen molar-refractivity contribution in [3.05, 3.63) is 71.8 Å². The first-order valence-corrected chi connectivity index (χ1v) is 13.4. The minimum atomic E-state index is -0.589. The SMILES string of the molecule is CC[C@@H](C)NC(=O)[C@H](CC)N(Cc1cccc(OC)c1)C(=O)CCCN1C(=O)c2cccc3cccc1c23. The molecule has 3 aromatic rings. The standard InChI is InChI=1S/C31H37N3O4/c1-5-21(3)32-30(36)26(6-2)34(20-22-11-7-14-24(19-22)38-4)28(35)17-10-18-33-27-16-9-13-23-12-8-15-25(29(23)27)31(33)37/h7-9,11-16,19,21,26H,5-6,10,17-18,20H2,1-4H3,(H,32,36)/t21-,26+/m1/s1. The summed E-state index contributed by atoms with van der Waals surface area (Å²) < 4.78 is 5.36. The van der Waals surface area contributed by atoms with Crippen molar-refractivity contribution >= 4 is 34.2 Å². The normalized spacial score (nSPS) is 13.9. The van der Waals surface area contributed by atoms with Crippen molar-refractivity contribution in [2.24, 2.45) is 0 Å². The Hall–Kier alpha value is -3.87. The average molecular weight is 516 g/mol. The van der Waals surface area contributed by atoms with Gasteiger partial charge in [0.1, 0.15) is 11.8 Å². The number of rotatable bonds is 12. The molecule has 38 heavy (non-hydrogen) atoms. The van der Waals surface area contributed by atoms with E-state index in [2.05, 4.69) is 5.32 Å². The Bertz CT molecular complexity index is 1320. The predicted octanol–water partition coefficient (Wildman–Crippen LogP) is 5.31. The van der Waals surface area contributed by atoms with E-state index in [1.807, 2.05) is 81.4 Å². The van der Waals surface area contributed by atoms with E-state index in [4.69, 9.17) is 4.74 Å². The molecule has 7 heteroatoms. The van der Waals surface area contributed by atoms with E-state index in [0.717, 1.165) is 28.4 Å². The van der Waals surface area contributed by atoms with Crippen molar-refractivity contribution < 1.29 is 19.1 Å². The molecular formula is C31H37N3O4. The molecule has 0 aromatic heterocycles. The monoisotopic (exact) mass is 515 g/mol. The van der Waals surface area contributed by atoms with Gasteiger partial charge < -0.3 is 19.9 Å². The highest BCUT2D eigenvalue weighted by molar-refractivity contribution is 6.25. The summed E-state index contributed by atoms with van der Waals surface area (Å²) >= 11 is 0. The van der Waals surface area contributed by atoms with E-state index in [-0.39, 0.29) is 30.2 Å². The number of carbonyl (C=O) groups excluding carboxylic acids is 3. The number of ether oxygens (including phenoxy) is 1. The third-order valence-electron chi connectivity index (χ3n) is 7.30. The van der Waals surface area contributed by atoms with E-state index in [9.17, 15) is 14.4 Å². The smallest absolute Gasteiger partial charge is 0.258 e. The van der Waals surface area contributed by atoms with Crippen molar-refractivity contribution in [2.45, 2.75) is 65.1 Å². The van der Waals surface area contributed by atoms with Crippen LogP contribution in [0.3, 0.4) is 0 Å². The molecule has 1 heterocycles. The summed E-state index contributed by atoms with van der Waals surface area (Å²) in [6.45, 7) is 6.64. The van der Waals surface area contributed by atoms with Gasteiger partial charge in [0.05, 0.1) is 12.8 Å². The first-order valence-electron chi connectivity index (χ1n) is 13.4. The van der Waals surface area contributed by atoms with Gasteiger partial charge in [0.25, 0.3) is 5.91 Å². The van der Waals surface area contributed by atoms with Crippen molar-refractivity contribution in [3.8, 4) is 5.75 Å². The summed E-state index contributed by atoms with van der Waals surface area (Å²) in [4.78, 5) is 43.4. The lowest BCUT2D eigenvalue weighted by Gasteiger charge is -2.32. The second kappa shape index (κ2) is 12.1. The number of anilines is 1. The average Bonchev–Trinajstić information content (AvgIpc) is 3.21. The van der Waals surface area contributed by atoms with E-state index < -0.39 is 6.04 Å². The van der Waals surface area contributed by atoms with Gasteiger partial charge in [-0.15, -0.1) is 0 Å². The van der Waals surface area contributed by atoms with Crippen LogP contribution < -0.4 is 15.0 Å². The number of nitrogens with zero attached hydrogens (tertiary/aromatic N) is 2. The molecule has 1 aliphatic rings. The quantitative estimate of drug-likeness (QED) is 0.355. The van der Waals surface area contributed by atoms with E-state index in [1.54, 1.807) is 16.9 Å². The summed E-state index contributed by atoms with van der Waals surface area (Å²) in [5.74, 6) is 0.418. The maximum atomic E-state index is 13.6. The molecule has 3 amide bonds. The zero-order chi connectivity index (χ0) is 27.2. The third kappa shape index (κ3) is 5.67. The Balaban J connectivity index is 1.50. The van der Waals surface area contributed by atoms with Gasteiger partial charge >= 0.3 is 0 Å². The fraction of sp³-hybridized carbons (Fsp3) is 0.387. The number of nitrogens with one attached hydrogen (secondary N) is 1. The van der Waals surface area contributed by atoms with Gasteiger partial charge in [0.15, 0.2) is 0 Å². The molecule has 0 spiro atoms. The molecule has 0 aliphatic carbocycles. The van der Waals surface area contributed by atoms with Gasteiger partial charge in [-0.25, -0.2) is 0 Å². The van der Waals surface area contributed by atoms with Crippen LogP contribution in [0.25, 0.3) is 10.8 Å². The molecule has 0 radical (unpaired) electrons. The number of hydrogen-bond donors (Lipinski definition) is 1.